The Labute approximate surface area is 317 Å². The van der Waals surface area contributed by atoms with Crippen LogP contribution in [0.3, 0.4) is 0 Å². The van der Waals surface area contributed by atoms with Crippen LogP contribution in [0.25, 0.3) is 32.0 Å². The van der Waals surface area contributed by atoms with Crippen molar-refractivity contribution < 1.29 is 41.8 Å². The molecule has 55 heavy (non-hydrogen) atoms. The Kier molecular flexibility index (Phi) is 10.6. The van der Waals surface area contributed by atoms with E-state index >= 15 is 0 Å². The highest BCUT2D eigenvalue weighted by atomic mass is 32.1. The summed E-state index contributed by atoms with van der Waals surface area (Å²) in [6.45, 7) is 0.839. The van der Waals surface area contributed by atoms with Crippen LogP contribution in [-0.2, 0) is 38.3 Å². The number of nitrogens with one attached hydrogen (secondary N) is 1. The third-order valence-corrected chi connectivity index (χ3v) is 10.4. The molecule has 7 rings (SSSR count). The predicted octanol–water partition coefficient (Wildman–Crippen LogP) is 5.86. The van der Waals surface area contributed by atoms with E-state index in [1.165, 1.54) is 17.3 Å². The van der Waals surface area contributed by atoms with E-state index in [-0.39, 0.29) is 85.9 Å². The monoisotopic (exact) mass is 772 g/mol. The second-order valence-corrected chi connectivity index (χ2v) is 14.4. The fourth-order valence-electron chi connectivity index (χ4n) is 6.48. The van der Waals surface area contributed by atoms with E-state index in [1.807, 2.05) is 14.1 Å². The largest absolute Gasteiger partial charge is 0.491 e. The van der Waals surface area contributed by atoms with Crippen LogP contribution >= 0.6 is 11.3 Å². The van der Waals surface area contributed by atoms with Crippen molar-refractivity contribution in [2.24, 2.45) is 0 Å². The maximum Gasteiger partial charge on any atom is 0.417 e. The number of amides is 3. The number of hydrogen-bond acceptors (Lipinski definition) is 11. The molecule has 5 aromatic rings. The van der Waals surface area contributed by atoms with Crippen LogP contribution in [0.5, 0.6) is 5.75 Å². The highest BCUT2D eigenvalue weighted by molar-refractivity contribution is 7.21. The number of carbonyl (C=O) groups excluding carboxylic acids is 4. The predicted molar refractivity (Wildman–Crippen MR) is 198 cm³/mol. The minimum Gasteiger partial charge on any atom is -0.491 e. The molecule has 1 atom stereocenters. The normalized spacial score (nSPS) is 15.7. The molecule has 0 saturated carbocycles. The van der Waals surface area contributed by atoms with E-state index in [4.69, 9.17) is 9.47 Å². The Balaban J connectivity index is 0.899. The molecule has 16 heteroatoms. The van der Waals surface area contributed by atoms with Crippen molar-refractivity contribution in [3.8, 4) is 27.6 Å². The maximum absolute atomic E-state index is 14.3. The van der Waals surface area contributed by atoms with Gasteiger partial charge < -0.3 is 19.3 Å². The molecule has 284 valence electrons. The van der Waals surface area contributed by atoms with Crippen LogP contribution < -0.4 is 15.0 Å². The third kappa shape index (κ3) is 8.34. The van der Waals surface area contributed by atoms with Crippen molar-refractivity contribution in [2.45, 2.75) is 44.4 Å². The van der Waals surface area contributed by atoms with Crippen molar-refractivity contribution in [3.63, 3.8) is 0 Å². The lowest BCUT2D eigenvalue weighted by molar-refractivity contribution is -0.138. The van der Waals surface area contributed by atoms with Gasteiger partial charge in [-0.05, 0) is 66.1 Å². The van der Waals surface area contributed by atoms with Gasteiger partial charge in [-0.1, -0.05) is 6.07 Å². The molecule has 0 spiro atoms. The van der Waals surface area contributed by atoms with Crippen LogP contribution in [0.4, 0.5) is 19.0 Å². The first kappa shape index (κ1) is 37.6. The lowest BCUT2D eigenvalue weighted by Gasteiger charge is -2.29. The van der Waals surface area contributed by atoms with Gasteiger partial charge in [0.25, 0.3) is 5.91 Å². The van der Waals surface area contributed by atoms with E-state index in [2.05, 4.69) is 20.3 Å². The zero-order chi connectivity index (χ0) is 38.9. The summed E-state index contributed by atoms with van der Waals surface area (Å²) in [6.07, 6.45) is -1.23. The number of pyridine rings is 2. The lowest BCUT2D eigenvalue weighted by atomic mass is 10.0. The summed E-state index contributed by atoms with van der Waals surface area (Å²) in [4.78, 5) is 65.8. The highest BCUT2D eigenvalue weighted by Crippen LogP contribution is 2.41. The van der Waals surface area contributed by atoms with Gasteiger partial charge in [0.15, 0.2) is 0 Å². The van der Waals surface area contributed by atoms with Crippen molar-refractivity contribution in [1.82, 2.24) is 25.2 Å². The van der Waals surface area contributed by atoms with Crippen molar-refractivity contribution in [3.05, 3.63) is 89.2 Å². The zero-order valence-corrected chi connectivity index (χ0v) is 30.6. The Morgan fingerprint density at radius 2 is 1.82 bits per heavy atom. The summed E-state index contributed by atoms with van der Waals surface area (Å²) < 4.78 is 54.9. The zero-order valence-electron chi connectivity index (χ0n) is 29.8. The molecule has 5 heterocycles. The van der Waals surface area contributed by atoms with Gasteiger partial charge in [0, 0.05) is 69.0 Å². The summed E-state index contributed by atoms with van der Waals surface area (Å²) >= 11 is 1.10. The molecule has 1 fully saturated rings. The van der Waals surface area contributed by atoms with E-state index in [1.54, 1.807) is 53.4 Å². The summed E-state index contributed by atoms with van der Waals surface area (Å²) in [7, 11) is 3.64. The molecule has 2 aliphatic heterocycles. The van der Waals surface area contributed by atoms with E-state index < -0.39 is 23.7 Å². The number of ether oxygens (including phenoxy) is 2. The van der Waals surface area contributed by atoms with Gasteiger partial charge in [0.1, 0.15) is 35.0 Å². The molecule has 3 aromatic heterocycles. The molecule has 3 amide bonds. The number of piperidine rings is 1. The number of fused-ring (bicyclic) bond motifs is 2. The smallest absolute Gasteiger partial charge is 0.417 e. The number of imide groups is 1. The number of benzene rings is 2. The lowest BCUT2D eigenvalue weighted by Crippen LogP contribution is -2.52. The number of ketones is 1. The number of alkyl halides is 3. The SMILES string of the molecule is CN(C)c1ccc(-c2cc(C(F)(F)F)c(-c3nc4ccc(CC(=O)CCOCCOc5ccc6c(c5)CN(C5CCC(=O)NC5=O)C6=O)cc4s3)cn2)cn1. The summed E-state index contributed by atoms with van der Waals surface area (Å²) in [6, 6.07) is 14.0. The molecular formula is C39H35F3N6O6S. The number of aromatic nitrogens is 3. The highest BCUT2D eigenvalue weighted by Gasteiger charge is 2.39. The number of halogens is 3. The Morgan fingerprint density at radius 1 is 0.982 bits per heavy atom. The molecule has 1 unspecified atom stereocenters. The number of hydrogen-bond donors (Lipinski definition) is 1. The van der Waals surface area contributed by atoms with Gasteiger partial charge in [-0.2, -0.15) is 13.2 Å². The van der Waals surface area contributed by atoms with Gasteiger partial charge in [0.05, 0.1) is 34.7 Å². The van der Waals surface area contributed by atoms with Crippen LogP contribution in [0.15, 0.2) is 67.0 Å². The van der Waals surface area contributed by atoms with E-state index in [9.17, 15) is 32.3 Å². The summed E-state index contributed by atoms with van der Waals surface area (Å²) in [5.41, 5.74) is 2.06. The fraction of sp³-hybridized carbons (Fsp3) is 0.308. The molecule has 0 radical (unpaired) electrons. The summed E-state index contributed by atoms with van der Waals surface area (Å²) in [5, 5.41) is 2.46. The van der Waals surface area contributed by atoms with Crippen LogP contribution in [0, 0.1) is 0 Å². The Hall–Kier alpha value is -5.74. The minimum atomic E-state index is -4.65. The molecule has 1 saturated heterocycles. The average molecular weight is 773 g/mol. The molecule has 1 N–H and O–H groups in total. The fourth-order valence-corrected chi connectivity index (χ4v) is 7.53. The van der Waals surface area contributed by atoms with Gasteiger partial charge >= 0.3 is 6.18 Å². The average Bonchev–Trinajstić information content (AvgIpc) is 3.72. The van der Waals surface area contributed by atoms with Crippen LogP contribution in [0.1, 0.15) is 46.3 Å². The quantitative estimate of drug-likeness (QED) is 0.114. The number of anilines is 1. The van der Waals surface area contributed by atoms with E-state index in [0.717, 1.165) is 23.0 Å². The Bertz CT molecular complexity index is 2290. The van der Waals surface area contributed by atoms with Gasteiger partial charge in [-0.15, -0.1) is 11.3 Å². The molecule has 2 aromatic carbocycles. The van der Waals surface area contributed by atoms with Gasteiger partial charge in [0.2, 0.25) is 11.8 Å². The first-order valence-electron chi connectivity index (χ1n) is 17.4. The number of rotatable bonds is 13. The first-order valence-corrected chi connectivity index (χ1v) is 18.3. The van der Waals surface area contributed by atoms with Crippen molar-refractivity contribution in [2.75, 3.05) is 38.8 Å². The number of carbonyl (C=O) groups is 4. The number of thiazole rings is 1. The second-order valence-electron chi connectivity index (χ2n) is 13.4. The summed E-state index contributed by atoms with van der Waals surface area (Å²) in [5.74, 6) is 0.0540. The van der Waals surface area contributed by atoms with E-state index in [0.29, 0.717) is 38.5 Å². The van der Waals surface area contributed by atoms with Crippen LogP contribution in [0.2, 0.25) is 0 Å². The number of Topliss-reactive ketones (excluding diaryl/α,β-unsaturated/α-hetero) is 1. The molecule has 0 bridgehead atoms. The molecule has 12 nitrogen and oxygen atoms in total. The standard InChI is InChI=1S/C39H35F3N6O6S/c1-47(2)34-9-4-23(19-44-34)31-18-29(39(40,41)42)28(20-43-31)37-45-30-7-3-22(16-33(30)55-37)15-25(49)11-12-53-13-14-54-26-5-6-27-24(17-26)21-48(38(27)52)32-8-10-35(50)46-36(32)51/h3-7,9,16-20,32H,8,10-15,21H2,1-2H3,(H,46,50,51). The van der Waals surface area contributed by atoms with Gasteiger partial charge in [-0.3, -0.25) is 29.5 Å². The molecular weight excluding hydrogens is 738 g/mol. The molecule has 0 aliphatic carbocycles. The Morgan fingerprint density at radius 3 is 2.56 bits per heavy atom. The first-order chi connectivity index (χ1) is 26.3. The number of nitrogens with zero attached hydrogens (tertiary/aromatic N) is 5. The van der Waals surface area contributed by atoms with Gasteiger partial charge in [-0.25, -0.2) is 9.97 Å². The topological polar surface area (TPSA) is 144 Å². The maximum atomic E-state index is 14.3. The van der Waals surface area contributed by atoms with Crippen LogP contribution in [-0.4, -0.2) is 83.3 Å². The van der Waals surface area contributed by atoms with Crippen molar-refractivity contribution in [1.29, 1.82) is 0 Å². The second kappa shape index (κ2) is 15.5. The third-order valence-electron chi connectivity index (χ3n) is 9.31. The molecule has 2 aliphatic rings. The minimum absolute atomic E-state index is 0.0684. The van der Waals surface area contributed by atoms with Crippen molar-refractivity contribution >= 4 is 50.9 Å².